The number of ether oxygens (including phenoxy) is 1. The summed E-state index contributed by atoms with van der Waals surface area (Å²) >= 11 is 5.22. The van der Waals surface area contributed by atoms with E-state index in [4.69, 9.17) is 17.0 Å². The molecule has 25 heavy (non-hydrogen) atoms. The van der Waals surface area contributed by atoms with E-state index >= 15 is 0 Å². The van der Waals surface area contributed by atoms with Crippen LogP contribution in [0.5, 0.6) is 5.75 Å². The summed E-state index contributed by atoms with van der Waals surface area (Å²) in [5, 5.41) is 21.9. The van der Waals surface area contributed by atoms with Crippen LogP contribution in [-0.4, -0.2) is 33.1 Å². The third-order valence-corrected chi connectivity index (χ3v) is 3.67. The van der Waals surface area contributed by atoms with E-state index in [0.717, 1.165) is 5.56 Å². The van der Waals surface area contributed by atoms with Crippen molar-refractivity contribution in [1.29, 1.82) is 0 Å². The second-order valence-corrected chi connectivity index (χ2v) is 5.38. The number of aromatic nitrogens is 3. The molecule has 126 valence electrons. The SMILES string of the molecule is COc1cccc(-c2n[nH]c(=S)n2/N=C/c2ccc([N+](=O)[O-])cc2)c1. The quantitative estimate of drug-likeness (QED) is 0.327. The molecule has 0 aliphatic carbocycles. The zero-order valence-corrected chi connectivity index (χ0v) is 13.9. The van der Waals surface area contributed by atoms with Crippen molar-refractivity contribution in [3.05, 3.63) is 69.0 Å². The molecule has 0 bridgehead atoms. The van der Waals surface area contributed by atoms with Crippen LogP contribution in [0.1, 0.15) is 5.56 Å². The van der Waals surface area contributed by atoms with Crippen LogP contribution < -0.4 is 4.74 Å². The molecule has 0 radical (unpaired) electrons. The fraction of sp³-hybridized carbons (Fsp3) is 0.0625. The lowest BCUT2D eigenvalue weighted by Crippen LogP contribution is -1.96. The second kappa shape index (κ2) is 7.05. The van der Waals surface area contributed by atoms with Crippen molar-refractivity contribution >= 4 is 24.1 Å². The zero-order chi connectivity index (χ0) is 17.8. The highest BCUT2D eigenvalue weighted by molar-refractivity contribution is 7.71. The fourth-order valence-corrected chi connectivity index (χ4v) is 2.33. The predicted molar refractivity (Wildman–Crippen MR) is 95.5 cm³/mol. The molecule has 3 rings (SSSR count). The first-order chi connectivity index (χ1) is 12.1. The third-order valence-electron chi connectivity index (χ3n) is 3.40. The lowest BCUT2D eigenvalue weighted by molar-refractivity contribution is -0.384. The third kappa shape index (κ3) is 3.61. The van der Waals surface area contributed by atoms with Crippen molar-refractivity contribution in [3.63, 3.8) is 0 Å². The van der Waals surface area contributed by atoms with Crippen molar-refractivity contribution in [2.45, 2.75) is 0 Å². The molecule has 9 heteroatoms. The lowest BCUT2D eigenvalue weighted by Gasteiger charge is -2.03. The lowest BCUT2D eigenvalue weighted by atomic mass is 10.2. The minimum absolute atomic E-state index is 0.0224. The molecule has 2 aromatic carbocycles. The molecule has 0 aliphatic heterocycles. The first-order valence-electron chi connectivity index (χ1n) is 7.19. The normalized spacial score (nSPS) is 10.9. The Morgan fingerprint density at radius 1 is 1.32 bits per heavy atom. The van der Waals surface area contributed by atoms with Gasteiger partial charge in [0.1, 0.15) is 5.75 Å². The van der Waals surface area contributed by atoms with Gasteiger partial charge in [-0.25, -0.2) is 5.10 Å². The Morgan fingerprint density at radius 2 is 2.08 bits per heavy atom. The van der Waals surface area contributed by atoms with Gasteiger partial charge in [-0.05, 0) is 42.0 Å². The molecular formula is C16H13N5O3S. The zero-order valence-electron chi connectivity index (χ0n) is 13.1. The van der Waals surface area contributed by atoms with Gasteiger partial charge in [-0.2, -0.15) is 14.9 Å². The molecule has 0 fully saturated rings. The number of nitrogens with one attached hydrogen (secondary N) is 1. The summed E-state index contributed by atoms with van der Waals surface area (Å²) in [5.74, 6) is 1.22. The maximum Gasteiger partial charge on any atom is 0.269 e. The first kappa shape index (κ1) is 16.5. The number of hydrogen-bond acceptors (Lipinski definition) is 6. The fourth-order valence-electron chi connectivity index (χ4n) is 2.15. The van der Waals surface area contributed by atoms with Gasteiger partial charge in [0.05, 0.1) is 18.2 Å². The summed E-state index contributed by atoms with van der Waals surface area (Å²) in [6.07, 6.45) is 1.55. The molecule has 0 saturated heterocycles. The Kier molecular flexibility index (Phi) is 4.66. The Hall–Kier alpha value is -3.33. The Bertz CT molecular complexity index is 992. The Morgan fingerprint density at radius 3 is 2.76 bits per heavy atom. The molecule has 1 N–H and O–H groups in total. The van der Waals surface area contributed by atoms with E-state index in [0.29, 0.717) is 21.9 Å². The number of aromatic amines is 1. The van der Waals surface area contributed by atoms with E-state index in [9.17, 15) is 10.1 Å². The van der Waals surface area contributed by atoms with Gasteiger partial charge in [-0.1, -0.05) is 12.1 Å². The molecule has 0 aliphatic rings. The minimum atomic E-state index is -0.450. The van der Waals surface area contributed by atoms with Gasteiger partial charge in [-0.15, -0.1) is 0 Å². The van der Waals surface area contributed by atoms with E-state index in [2.05, 4.69) is 15.3 Å². The largest absolute Gasteiger partial charge is 0.497 e. The molecule has 8 nitrogen and oxygen atoms in total. The molecule has 0 saturated carbocycles. The number of nitro groups is 1. The van der Waals surface area contributed by atoms with Crippen molar-refractivity contribution in [2.24, 2.45) is 5.10 Å². The molecule has 0 atom stereocenters. The molecule has 3 aromatic rings. The summed E-state index contributed by atoms with van der Waals surface area (Å²) in [6.45, 7) is 0. The first-order valence-corrected chi connectivity index (χ1v) is 7.60. The van der Waals surface area contributed by atoms with Crippen LogP contribution in [0.25, 0.3) is 11.4 Å². The van der Waals surface area contributed by atoms with Crippen LogP contribution >= 0.6 is 12.2 Å². The van der Waals surface area contributed by atoms with Crippen LogP contribution in [0.15, 0.2) is 53.6 Å². The summed E-state index contributed by atoms with van der Waals surface area (Å²) in [6, 6.07) is 13.4. The molecular weight excluding hydrogens is 342 g/mol. The van der Waals surface area contributed by atoms with E-state index in [-0.39, 0.29) is 5.69 Å². The number of rotatable bonds is 5. The molecule has 0 amide bonds. The van der Waals surface area contributed by atoms with E-state index in [1.54, 1.807) is 25.5 Å². The van der Waals surface area contributed by atoms with E-state index in [1.165, 1.54) is 16.8 Å². The van der Waals surface area contributed by atoms with E-state index < -0.39 is 4.92 Å². The van der Waals surface area contributed by atoms with Crippen LogP contribution in [0.4, 0.5) is 5.69 Å². The summed E-state index contributed by atoms with van der Waals surface area (Å²) in [5.41, 5.74) is 1.51. The number of nitro benzene ring substituents is 1. The van der Waals surface area contributed by atoms with Crippen molar-refractivity contribution < 1.29 is 9.66 Å². The summed E-state index contributed by atoms with van der Waals surface area (Å²) < 4.78 is 7.02. The number of methoxy groups -OCH3 is 1. The predicted octanol–water partition coefficient (Wildman–Crippen LogP) is 3.41. The Labute approximate surface area is 147 Å². The summed E-state index contributed by atoms with van der Waals surface area (Å²) in [4.78, 5) is 10.2. The molecule has 1 heterocycles. The van der Waals surface area contributed by atoms with Gasteiger partial charge in [-0.3, -0.25) is 10.1 Å². The highest BCUT2D eigenvalue weighted by Gasteiger charge is 2.09. The number of H-pyrrole nitrogens is 1. The smallest absolute Gasteiger partial charge is 0.269 e. The van der Waals surface area contributed by atoms with Gasteiger partial charge in [0.15, 0.2) is 5.82 Å². The average Bonchev–Trinajstić information content (AvgIpc) is 3.01. The molecule has 1 aromatic heterocycles. The van der Waals surface area contributed by atoms with Crippen LogP contribution in [-0.2, 0) is 0 Å². The average molecular weight is 355 g/mol. The number of hydrogen-bond donors (Lipinski definition) is 1. The van der Waals surface area contributed by atoms with Crippen molar-refractivity contribution in [1.82, 2.24) is 14.9 Å². The van der Waals surface area contributed by atoms with Gasteiger partial charge < -0.3 is 4.74 Å². The van der Waals surface area contributed by atoms with Gasteiger partial charge >= 0.3 is 0 Å². The number of non-ortho nitro benzene ring substituents is 1. The van der Waals surface area contributed by atoms with Gasteiger partial charge in [0.2, 0.25) is 4.77 Å². The molecule has 0 spiro atoms. The summed E-state index contributed by atoms with van der Waals surface area (Å²) in [7, 11) is 1.59. The van der Waals surface area contributed by atoms with Crippen LogP contribution in [0.3, 0.4) is 0 Å². The van der Waals surface area contributed by atoms with E-state index in [1.807, 2.05) is 24.3 Å². The van der Waals surface area contributed by atoms with Gasteiger partial charge in [0.25, 0.3) is 5.69 Å². The van der Waals surface area contributed by atoms with Crippen molar-refractivity contribution in [3.8, 4) is 17.1 Å². The monoisotopic (exact) mass is 355 g/mol. The highest BCUT2D eigenvalue weighted by atomic mass is 32.1. The van der Waals surface area contributed by atoms with Gasteiger partial charge in [0, 0.05) is 17.7 Å². The van der Waals surface area contributed by atoms with Crippen LogP contribution in [0.2, 0.25) is 0 Å². The van der Waals surface area contributed by atoms with Crippen molar-refractivity contribution in [2.75, 3.05) is 7.11 Å². The highest BCUT2D eigenvalue weighted by Crippen LogP contribution is 2.22. The number of nitrogens with zero attached hydrogens (tertiary/aromatic N) is 4. The topological polar surface area (TPSA) is 98.3 Å². The second-order valence-electron chi connectivity index (χ2n) is 4.99. The standard InChI is InChI=1S/C16H13N5O3S/c1-24-14-4-2-3-12(9-14)15-18-19-16(25)20(15)17-10-11-5-7-13(8-6-11)21(22)23/h2-10H,1H3,(H,19,25)/b17-10+. The number of benzene rings is 2. The maximum atomic E-state index is 10.7. The minimum Gasteiger partial charge on any atom is -0.497 e. The molecule has 0 unspecified atom stereocenters. The Balaban J connectivity index is 1.94. The van der Waals surface area contributed by atoms with Crippen LogP contribution in [0, 0.1) is 14.9 Å². The maximum absolute atomic E-state index is 10.7.